The first-order valence-electron chi connectivity index (χ1n) is 7.00. The van der Waals surface area contributed by atoms with Crippen molar-refractivity contribution in [2.75, 3.05) is 13.1 Å². The molecule has 2 aliphatic rings. The molecule has 16 heavy (non-hydrogen) atoms. The molecule has 1 saturated carbocycles. The number of piperidine rings is 1. The van der Waals surface area contributed by atoms with Crippen molar-refractivity contribution in [3.8, 4) is 0 Å². The molecular weight excluding hydrogens is 196 g/mol. The maximum Gasteiger partial charge on any atom is 0.0146 e. The van der Waals surface area contributed by atoms with Crippen molar-refractivity contribution in [3.05, 3.63) is 0 Å². The zero-order valence-electron chi connectivity index (χ0n) is 11.2. The predicted octanol–water partition coefficient (Wildman–Crippen LogP) is 2.62. The normalized spacial score (nSPS) is 37.5. The molecule has 1 aliphatic carbocycles. The van der Waals surface area contributed by atoms with E-state index in [1.54, 1.807) is 0 Å². The molecule has 1 saturated heterocycles. The van der Waals surface area contributed by atoms with E-state index in [1.165, 1.54) is 45.2 Å². The van der Waals surface area contributed by atoms with Crippen LogP contribution in [0.25, 0.3) is 0 Å². The summed E-state index contributed by atoms with van der Waals surface area (Å²) in [4.78, 5) is 2.74. The summed E-state index contributed by atoms with van der Waals surface area (Å²) >= 11 is 0. The molecule has 3 atom stereocenters. The summed E-state index contributed by atoms with van der Waals surface area (Å²) in [7, 11) is 0. The van der Waals surface area contributed by atoms with Crippen LogP contribution in [-0.4, -0.2) is 30.1 Å². The molecule has 2 rings (SSSR count). The molecule has 2 nitrogen and oxygen atoms in total. The zero-order valence-corrected chi connectivity index (χ0v) is 11.2. The highest BCUT2D eigenvalue weighted by Crippen LogP contribution is 2.41. The van der Waals surface area contributed by atoms with Gasteiger partial charge in [0.15, 0.2) is 0 Å². The van der Waals surface area contributed by atoms with Gasteiger partial charge in [0.2, 0.25) is 0 Å². The van der Waals surface area contributed by atoms with Gasteiger partial charge in [0.05, 0.1) is 0 Å². The molecule has 3 unspecified atom stereocenters. The standard InChI is InChI=1S/C14H28N2/c1-11(15)12-6-5-9-16(10-12)13-7-4-8-14(13,2)3/h11-13H,4-10,15H2,1-3H3. The van der Waals surface area contributed by atoms with Crippen LogP contribution in [0.3, 0.4) is 0 Å². The average Bonchev–Trinajstić information content (AvgIpc) is 2.58. The second kappa shape index (κ2) is 4.66. The number of hydrogen-bond acceptors (Lipinski definition) is 2. The van der Waals surface area contributed by atoms with Crippen molar-refractivity contribution < 1.29 is 0 Å². The first kappa shape index (κ1) is 12.4. The van der Waals surface area contributed by atoms with Crippen LogP contribution in [0, 0.1) is 11.3 Å². The minimum Gasteiger partial charge on any atom is -0.328 e. The van der Waals surface area contributed by atoms with E-state index in [1.807, 2.05) is 0 Å². The highest BCUT2D eigenvalue weighted by Gasteiger charge is 2.39. The van der Waals surface area contributed by atoms with Gasteiger partial charge in [-0.3, -0.25) is 4.90 Å². The van der Waals surface area contributed by atoms with Gasteiger partial charge in [-0.2, -0.15) is 0 Å². The lowest BCUT2D eigenvalue weighted by molar-refractivity contribution is 0.0625. The van der Waals surface area contributed by atoms with Gasteiger partial charge in [-0.05, 0) is 50.5 Å². The molecule has 2 N–H and O–H groups in total. The zero-order chi connectivity index (χ0) is 11.8. The first-order chi connectivity index (χ1) is 7.50. The molecule has 0 aromatic heterocycles. The molecule has 0 spiro atoms. The van der Waals surface area contributed by atoms with Gasteiger partial charge in [0, 0.05) is 18.6 Å². The third-order valence-corrected chi connectivity index (χ3v) is 4.87. The van der Waals surface area contributed by atoms with E-state index in [2.05, 4.69) is 25.7 Å². The van der Waals surface area contributed by atoms with Crippen LogP contribution in [0.2, 0.25) is 0 Å². The Morgan fingerprint density at radius 3 is 2.56 bits per heavy atom. The fourth-order valence-electron chi connectivity index (χ4n) is 3.74. The number of hydrogen-bond donors (Lipinski definition) is 1. The molecule has 94 valence electrons. The Morgan fingerprint density at radius 1 is 1.25 bits per heavy atom. The molecule has 1 aliphatic heterocycles. The quantitative estimate of drug-likeness (QED) is 0.781. The summed E-state index contributed by atoms with van der Waals surface area (Å²) in [6.07, 6.45) is 6.90. The van der Waals surface area contributed by atoms with E-state index in [-0.39, 0.29) is 0 Å². The van der Waals surface area contributed by atoms with Crippen molar-refractivity contribution in [2.24, 2.45) is 17.1 Å². The maximum atomic E-state index is 6.07. The molecule has 0 amide bonds. The Bertz CT molecular complexity index is 235. The molecular formula is C14H28N2. The Morgan fingerprint density at radius 2 is 2.00 bits per heavy atom. The first-order valence-corrected chi connectivity index (χ1v) is 7.00. The number of nitrogens with two attached hydrogens (primary N) is 1. The molecule has 0 aromatic rings. The Kier molecular flexibility index (Phi) is 3.60. The van der Waals surface area contributed by atoms with Gasteiger partial charge >= 0.3 is 0 Å². The van der Waals surface area contributed by atoms with Gasteiger partial charge in [-0.1, -0.05) is 20.3 Å². The van der Waals surface area contributed by atoms with Crippen LogP contribution < -0.4 is 5.73 Å². The van der Waals surface area contributed by atoms with E-state index < -0.39 is 0 Å². The Balaban J connectivity index is 1.99. The van der Waals surface area contributed by atoms with E-state index in [0.29, 0.717) is 11.5 Å². The highest BCUT2D eigenvalue weighted by atomic mass is 15.2. The van der Waals surface area contributed by atoms with Crippen molar-refractivity contribution >= 4 is 0 Å². The fourth-order valence-corrected chi connectivity index (χ4v) is 3.74. The largest absolute Gasteiger partial charge is 0.328 e. The number of rotatable bonds is 2. The van der Waals surface area contributed by atoms with Gasteiger partial charge in [0.25, 0.3) is 0 Å². The van der Waals surface area contributed by atoms with Gasteiger partial charge < -0.3 is 5.73 Å². The summed E-state index contributed by atoms with van der Waals surface area (Å²) in [5.74, 6) is 0.727. The van der Waals surface area contributed by atoms with E-state index >= 15 is 0 Å². The molecule has 1 heterocycles. The topological polar surface area (TPSA) is 29.3 Å². The Labute approximate surface area is 101 Å². The minimum absolute atomic E-state index is 0.368. The summed E-state index contributed by atoms with van der Waals surface area (Å²) in [6.45, 7) is 9.61. The molecule has 0 bridgehead atoms. The second-order valence-electron chi connectivity index (χ2n) is 6.65. The molecule has 0 radical (unpaired) electrons. The monoisotopic (exact) mass is 224 g/mol. The van der Waals surface area contributed by atoms with Crippen molar-refractivity contribution in [3.63, 3.8) is 0 Å². The number of nitrogens with zero attached hydrogens (tertiary/aromatic N) is 1. The minimum atomic E-state index is 0.368. The fraction of sp³-hybridized carbons (Fsp3) is 1.00. The lowest BCUT2D eigenvalue weighted by atomic mass is 9.83. The average molecular weight is 224 g/mol. The lowest BCUT2D eigenvalue weighted by Gasteiger charge is -2.43. The summed E-state index contributed by atoms with van der Waals surface area (Å²) in [5, 5.41) is 0. The number of likely N-dealkylation sites (tertiary alicyclic amines) is 1. The third-order valence-electron chi connectivity index (χ3n) is 4.87. The van der Waals surface area contributed by atoms with Crippen LogP contribution in [0.15, 0.2) is 0 Å². The van der Waals surface area contributed by atoms with Crippen molar-refractivity contribution in [1.82, 2.24) is 4.90 Å². The lowest BCUT2D eigenvalue weighted by Crippen LogP contribution is -2.50. The molecule has 0 aromatic carbocycles. The smallest absolute Gasteiger partial charge is 0.0146 e. The van der Waals surface area contributed by atoms with Gasteiger partial charge in [-0.15, -0.1) is 0 Å². The van der Waals surface area contributed by atoms with E-state index in [9.17, 15) is 0 Å². The van der Waals surface area contributed by atoms with E-state index in [0.717, 1.165) is 12.0 Å². The van der Waals surface area contributed by atoms with Crippen LogP contribution in [0.5, 0.6) is 0 Å². The van der Waals surface area contributed by atoms with Crippen LogP contribution in [-0.2, 0) is 0 Å². The highest BCUT2D eigenvalue weighted by molar-refractivity contribution is 4.94. The predicted molar refractivity (Wildman–Crippen MR) is 69.4 cm³/mol. The van der Waals surface area contributed by atoms with Gasteiger partial charge in [-0.25, -0.2) is 0 Å². The van der Waals surface area contributed by atoms with Crippen LogP contribution in [0.4, 0.5) is 0 Å². The SMILES string of the molecule is CC(N)C1CCCN(C2CCCC2(C)C)C1. The third kappa shape index (κ3) is 2.43. The van der Waals surface area contributed by atoms with Crippen LogP contribution >= 0.6 is 0 Å². The summed E-state index contributed by atoms with van der Waals surface area (Å²) in [5.41, 5.74) is 6.60. The van der Waals surface area contributed by atoms with Crippen molar-refractivity contribution in [1.29, 1.82) is 0 Å². The van der Waals surface area contributed by atoms with Crippen molar-refractivity contribution in [2.45, 2.75) is 65.0 Å². The van der Waals surface area contributed by atoms with E-state index in [4.69, 9.17) is 5.73 Å². The second-order valence-corrected chi connectivity index (χ2v) is 6.65. The van der Waals surface area contributed by atoms with Gasteiger partial charge in [0.1, 0.15) is 0 Å². The maximum absolute atomic E-state index is 6.07. The summed E-state index contributed by atoms with van der Waals surface area (Å²) in [6, 6.07) is 1.18. The molecule has 2 heteroatoms. The molecule has 2 fully saturated rings. The Hall–Kier alpha value is -0.0800. The van der Waals surface area contributed by atoms with Crippen LogP contribution in [0.1, 0.15) is 52.9 Å². The summed E-state index contributed by atoms with van der Waals surface area (Å²) < 4.78 is 0.